The van der Waals surface area contributed by atoms with Crippen molar-refractivity contribution in [3.05, 3.63) is 59.8 Å². The molecule has 132 valence electrons. The number of hydrogen-bond acceptors (Lipinski definition) is 0. The summed E-state index contributed by atoms with van der Waals surface area (Å²) in [7, 11) is 0. The van der Waals surface area contributed by atoms with Crippen molar-refractivity contribution in [1.82, 2.24) is 0 Å². The topological polar surface area (TPSA) is 3.88 Å². The van der Waals surface area contributed by atoms with Gasteiger partial charge in [0, 0.05) is 17.5 Å². The minimum absolute atomic E-state index is 0.147. The number of benzene rings is 1. The zero-order valence-corrected chi connectivity index (χ0v) is 16.3. The highest BCUT2D eigenvalue weighted by Crippen LogP contribution is 2.48. The lowest BCUT2D eigenvalue weighted by molar-refractivity contribution is -0.567. The molecule has 0 radical (unpaired) electrons. The molecule has 0 aliphatic carbocycles. The molecule has 25 heavy (non-hydrogen) atoms. The molecule has 0 spiro atoms. The number of nitrogens with zero attached hydrogens (tertiary/aromatic N) is 1. The van der Waals surface area contributed by atoms with E-state index >= 15 is 0 Å². The van der Waals surface area contributed by atoms with Gasteiger partial charge < -0.3 is 0 Å². The molecule has 0 fully saturated rings. The number of fused-ring (bicyclic) bond motifs is 4. The van der Waals surface area contributed by atoms with Gasteiger partial charge in [0.15, 0.2) is 11.9 Å². The van der Waals surface area contributed by atoms with Gasteiger partial charge in [-0.15, -0.1) is 0 Å². The SMILES string of the molecule is C=C[n+]1c2cccc1C(CC)C(C)(CC)c1ccc(CCCC)cc1-2. The summed E-state index contributed by atoms with van der Waals surface area (Å²) >= 11 is 0. The lowest BCUT2D eigenvalue weighted by Crippen LogP contribution is -2.38. The summed E-state index contributed by atoms with van der Waals surface area (Å²) in [6, 6.07) is 14.0. The molecule has 0 amide bonds. The van der Waals surface area contributed by atoms with Crippen LogP contribution in [0.1, 0.15) is 76.1 Å². The number of pyridine rings is 1. The molecule has 3 rings (SSSR count). The normalized spacial score (nSPS) is 21.5. The molecule has 1 nitrogen and oxygen atoms in total. The Morgan fingerprint density at radius 1 is 1.16 bits per heavy atom. The van der Waals surface area contributed by atoms with Crippen LogP contribution >= 0.6 is 0 Å². The Hall–Kier alpha value is -1.89. The Morgan fingerprint density at radius 2 is 1.96 bits per heavy atom. The Bertz CT molecular complexity index is 774. The lowest BCUT2D eigenvalue weighted by atomic mass is 9.66. The highest BCUT2D eigenvalue weighted by molar-refractivity contribution is 5.66. The summed E-state index contributed by atoms with van der Waals surface area (Å²) in [6.07, 6.45) is 7.93. The third kappa shape index (κ3) is 2.84. The van der Waals surface area contributed by atoms with E-state index in [4.69, 9.17) is 0 Å². The van der Waals surface area contributed by atoms with Crippen LogP contribution in [-0.4, -0.2) is 0 Å². The van der Waals surface area contributed by atoms with Crippen LogP contribution in [-0.2, 0) is 11.8 Å². The molecule has 2 atom stereocenters. The van der Waals surface area contributed by atoms with E-state index in [2.05, 4.69) is 75.2 Å². The van der Waals surface area contributed by atoms with E-state index < -0.39 is 0 Å². The summed E-state index contributed by atoms with van der Waals surface area (Å²) in [5, 5.41) is 0. The number of unbranched alkanes of at least 4 members (excludes halogenated alkanes) is 1. The Labute approximate surface area is 153 Å². The molecule has 2 heterocycles. The van der Waals surface area contributed by atoms with Gasteiger partial charge in [-0.2, -0.15) is 4.57 Å². The Kier molecular flexibility index (Phi) is 5.13. The number of hydrogen-bond donors (Lipinski definition) is 0. The van der Waals surface area contributed by atoms with Crippen molar-refractivity contribution in [2.45, 2.75) is 71.1 Å². The monoisotopic (exact) mass is 334 g/mol. The fraction of sp³-hybridized carbons (Fsp3) is 0.458. The predicted molar refractivity (Wildman–Crippen MR) is 108 cm³/mol. The summed E-state index contributed by atoms with van der Waals surface area (Å²) in [4.78, 5) is 0. The maximum Gasteiger partial charge on any atom is 0.218 e. The fourth-order valence-corrected chi connectivity index (χ4v) is 4.69. The van der Waals surface area contributed by atoms with E-state index in [1.165, 1.54) is 40.9 Å². The zero-order chi connectivity index (χ0) is 18.0. The van der Waals surface area contributed by atoms with Crippen LogP contribution in [0.15, 0.2) is 43.0 Å². The van der Waals surface area contributed by atoms with Gasteiger partial charge in [-0.3, -0.25) is 0 Å². The van der Waals surface area contributed by atoms with Crippen LogP contribution < -0.4 is 4.57 Å². The average Bonchev–Trinajstić information content (AvgIpc) is 2.69. The molecular weight excluding hydrogens is 302 g/mol. The first-order valence-electron chi connectivity index (χ1n) is 9.91. The molecule has 1 heteroatoms. The van der Waals surface area contributed by atoms with Crippen molar-refractivity contribution in [2.75, 3.05) is 0 Å². The number of aryl methyl sites for hydroxylation is 1. The second-order valence-electron chi connectivity index (χ2n) is 7.60. The molecule has 2 bridgehead atoms. The van der Waals surface area contributed by atoms with E-state index in [0.717, 1.165) is 19.3 Å². The smallest absolute Gasteiger partial charge is 0.164 e. The molecule has 0 saturated heterocycles. The summed E-state index contributed by atoms with van der Waals surface area (Å²) < 4.78 is 2.33. The van der Waals surface area contributed by atoms with Crippen LogP contribution in [0.2, 0.25) is 0 Å². The van der Waals surface area contributed by atoms with E-state index in [1.807, 2.05) is 6.20 Å². The quantitative estimate of drug-likeness (QED) is 0.549. The van der Waals surface area contributed by atoms with E-state index in [1.54, 1.807) is 0 Å². The van der Waals surface area contributed by atoms with Crippen LogP contribution in [0.5, 0.6) is 0 Å². The molecular formula is C24H32N+. The maximum absolute atomic E-state index is 4.13. The zero-order valence-electron chi connectivity index (χ0n) is 16.3. The molecule has 1 aromatic carbocycles. The first kappa shape index (κ1) is 17.9. The van der Waals surface area contributed by atoms with Crippen molar-refractivity contribution in [3.63, 3.8) is 0 Å². The van der Waals surface area contributed by atoms with Crippen LogP contribution in [0.4, 0.5) is 0 Å². The minimum atomic E-state index is 0.147. The van der Waals surface area contributed by atoms with Gasteiger partial charge in [0.25, 0.3) is 0 Å². The molecule has 0 N–H and O–H groups in total. The van der Waals surface area contributed by atoms with Gasteiger partial charge >= 0.3 is 0 Å². The van der Waals surface area contributed by atoms with E-state index in [9.17, 15) is 0 Å². The van der Waals surface area contributed by atoms with Gasteiger partial charge in [0.05, 0.1) is 11.5 Å². The first-order chi connectivity index (χ1) is 12.1. The van der Waals surface area contributed by atoms with Gasteiger partial charge in [-0.25, -0.2) is 0 Å². The van der Waals surface area contributed by atoms with Gasteiger partial charge in [-0.05, 0) is 55.5 Å². The molecule has 0 saturated carbocycles. The fourth-order valence-electron chi connectivity index (χ4n) is 4.69. The van der Waals surface area contributed by atoms with Crippen molar-refractivity contribution in [2.24, 2.45) is 0 Å². The molecule has 1 aliphatic heterocycles. The standard InChI is InChI=1S/C24H32N/c1-6-10-12-18-15-16-21-19(17-18)22-13-11-14-23(25(22)9-4)20(7-2)24(21,5)8-3/h9,11,13-17,20H,4,6-8,10,12H2,1-3,5H3/q+1. The summed E-state index contributed by atoms with van der Waals surface area (Å²) in [5.74, 6) is 0.498. The highest BCUT2D eigenvalue weighted by atomic mass is 15.0. The molecule has 2 aromatic rings. The maximum atomic E-state index is 4.13. The minimum Gasteiger partial charge on any atom is -0.164 e. The molecule has 2 unspecified atom stereocenters. The van der Waals surface area contributed by atoms with Crippen molar-refractivity contribution in [1.29, 1.82) is 0 Å². The second-order valence-corrected chi connectivity index (χ2v) is 7.60. The predicted octanol–water partition coefficient (Wildman–Crippen LogP) is 6.26. The van der Waals surface area contributed by atoms with Crippen LogP contribution in [0.3, 0.4) is 0 Å². The largest absolute Gasteiger partial charge is 0.218 e. The third-order valence-electron chi connectivity index (χ3n) is 6.30. The van der Waals surface area contributed by atoms with Crippen molar-refractivity contribution >= 4 is 6.20 Å². The van der Waals surface area contributed by atoms with Crippen LogP contribution in [0.25, 0.3) is 17.5 Å². The number of aromatic nitrogens is 1. The summed E-state index contributed by atoms with van der Waals surface area (Å²) in [6.45, 7) is 13.5. The van der Waals surface area contributed by atoms with Crippen molar-refractivity contribution < 1.29 is 4.57 Å². The molecule has 1 aromatic heterocycles. The second kappa shape index (κ2) is 7.15. The Morgan fingerprint density at radius 3 is 2.60 bits per heavy atom. The van der Waals surface area contributed by atoms with E-state index in [-0.39, 0.29) is 5.41 Å². The Balaban J connectivity index is 2.31. The summed E-state index contributed by atoms with van der Waals surface area (Å²) in [5.41, 5.74) is 7.18. The van der Waals surface area contributed by atoms with Gasteiger partial charge in [0.1, 0.15) is 0 Å². The third-order valence-corrected chi connectivity index (χ3v) is 6.30. The highest BCUT2D eigenvalue weighted by Gasteiger charge is 2.44. The number of rotatable bonds is 6. The van der Waals surface area contributed by atoms with Gasteiger partial charge in [-0.1, -0.05) is 46.2 Å². The average molecular weight is 335 g/mol. The van der Waals surface area contributed by atoms with Gasteiger partial charge in [0.2, 0.25) is 5.69 Å². The van der Waals surface area contributed by atoms with Crippen LogP contribution in [0, 0.1) is 0 Å². The van der Waals surface area contributed by atoms with E-state index in [0.29, 0.717) is 5.92 Å². The molecule has 1 aliphatic rings. The van der Waals surface area contributed by atoms with Crippen molar-refractivity contribution in [3.8, 4) is 11.3 Å². The first-order valence-corrected chi connectivity index (χ1v) is 9.91. The lowest BCUT2D eigenvalue weighted by Gasteiger charge is -2.35.